The number of rotatable bonds is 6. The molecule has 2 N–H and O–H groups in total. The summed E-state index contributed by atoms with van der Waals surface area (Å²) in [5, 5.41) is 16.4. The van der Waals surface area contributed by atoms with Crippen LogP contribution in [0.25, 0.3) is 11.3 Å². The van der Waals surface area contributed by atoms with E-state index in [0.717, 1.165) is 29.2 Å². The molecule has 0 bridgehead atoms. The summed E-state index contributed by atoms with van der Waals surface area (Å²) in [7, 11) is 1.90. The van der Waals surface area contributed by atoms with Gasteiger partial charge in [-0.25, -0.2) is 4.98 Å². The third-order valence-corrected chi connectivity index (χ3v) is 3.92. The zero-order chi connectivity index (χ0) is 13.7. The summed E-state index contributed by atoms with van der Waals surface area (Å²) in [6.45, 7) is 2.68. The van der Waals surface area contributed by atoms with Gasteiger partial charge in [-0.3, -0.25) is 0 Å². The van der Waals surface area contributed by atoms with Crippen LogP contribution in [0.15, 0.2) is 35.7 Å². The van der Waals surface area contributed by atoms with Gasteiger partial charge in [0.05, 0.1) is 16.3 Å². The number of nitrogens with one attached hydrogen (secondary N) is 1. The van der Waals surface area contributed by atoms with Crippen molar-refractivity contribution in [2.75, 3.05) is 13.6 Å². The maximum atomic E-state index is 10.3. The molecule has 102 valence electrons. The van der Waals surface area contributed by atoms with Crippen LogP contribution in [0.4, 0.5) is 0 Å². The fraction of sp³-hybridized carbons (Fsp3) is 0.400. The Kier molecular flexibility index (Phi) is 4.69. The summed E-state index contributed by atoms with van der Waals surface area (Å²) < 4.78 is 0. The Morgan fingerprint density at radius 2 is 2.05 bits per heavy atom. The molecule has 0 aliphatic carbocycles. The molecule has 19 heavy (non-hydrogen) atoms. The maximum absolute atomic E-state index is 10.3. The van der Waals surface area contributed by atoms with Crippen molar-refractivity contribution in [2.24, 2.45) is 0 Å². The fourth-order valence-electron chi connectivity index (χ4n) is 1.94. The van der Waals surface area contributed by atoms with Gasteiger partial charge in [-0.2, -0.15) is 0 Å². The Bertz CT molecular complexity index is 508. The number of thiazole rings is 1. The molecule has 0 amide bonds. The highest BCUT2D eigenvalue weighted by molar-refractivity contribution is 7.09. The molecule has 0 aliphatic heterocycles. The first-order valence-electron chi connectivity index (χ1n) is 6.47. The van der Waals surface area contributed by atoms with Crippen LogP contribution in [-0.4, -0.2) is 29.3 Å². The number of aromatic nitrogens is 1. The Morgan fingerprint density at radius 3 is 2.74 bits per heavy atom. The van der Waals surface area contributed by atoms with Gasteiger partial charge >= 0.3 is 0 Å². The first-order valence-corrected chi connectivity index (χ1v) is 7.35. The highest BCUT2D eigenvalue weighted by Crippen LogP contribution is 2.25. The van der Waals surface area contributed by atoms with E-state index in [4.69, 9.17) is 0 Å². The topological polar surface area (TPSA) is 45.1 Å². The summed E-state index contributed by atoms with van der Waals surface area (Å²) in [4.78, 5) is 4.61. The van der Waals surface area contributed by atoms with Gasteiger partial charge in [0.1, 0.15) is 0 Å². The van der Waals surface area contributed by atoms with E-state index < -0.39 is 5.60 Å². The predicted molar refractivity (Wildman–Crippen MR) is 80.4 cm³/mol. The zero-order valence-corrected chi connectivity index (χ0v) is 12.2. The SMILES string of the molecule is CNCCC(C)(O)Cc1nc(-c2ccccc2)cs1. The van der Waals surface area contributed by atoms with Crippen LogP contribution in [0.2, 0.25) is 0 Å². The van der Waals surface area contributed by atoms with Gasteiger partial charge in [-0.05, 0) is 26.9 Å². The van der Waals surface area contributed by atoms with E-state index in [-0.39, 0.29) is 0 Å². The number of aliphatic hydroxyl groups is 1. The van der Waals surface area contributed by atoms with Crippen LogP contribution in [0.3, 0.4) is 0 Å². The van der Waals surface area contributed by atoms with Gasteiger partial charge in [-0.15, -0.1) is 11.3 Å². The second kappa shape index (κ2) is 6.28. The molecule has 2 rings (SSSR count). The van der Waals surface area contributed by atoms with Gasteiger partial charge in [-0.1, -0.05) is 30.3 Å². The van der Waals surface area contributed by atoms with E-state index >= 15 is 0 Å². The molecule has 2 aromatic rings. The Balaban J connectivity index is 2.05. The van der Waals surface area contributed by atoms with Crippen LogP contribution in [0.1, 0.15) is 18.4 Å². The average molecular weight is 276 g/mol. The largest absolute Gasteiger partial charge is 0.390 e. The molecule has 0 radical (unpaired) electrons. The summed E-state index contributed by atoms with van der Waals surface area (Å²) in [6, 6.07) is 10.1. The van der Waals surface area contributed by atoms with Gasteiger partial charge in [0.2, 0.25) is 0 Å². The molecular weight excluding hydrogens is 256 g/mol. The van der Waals surface area contributed by atoms with Crippen LogP contribution >= 0.6 is 11.3 Å². The number of benzene rings is 1. The third kappa shape index (κ3) is 4.13. The van der Waals surface area contributed by atoms with Gasteiger partial charge in [0.25, 0.3) is 0 Å². The van der Waals surface area contributed by atoms with Crippen molar-refractivity contribution in [3.05, 3.63) is 40.7 Å². The highest BCUT2D eigenvalue weighted by Gasteiger charge is 2.22. The Hall–Kier alpha value is -1.23. The summed E-state index contributed by atoms with van der Waals surface area (Å²) >= 11 is 1.61. The van der Waals surface area contributed by atoms with Crippen molar-refractivity contribution in [2.45, 2.75) is 25.4 Å². The summed E-state index contributed by atoms with van der Waals surface area (Å²) in [5.74, 6) is 0. The molecule has 1 aromatic carbocycles. The lowest BCUT2D eigenvalue weighted by molar-refractivity contribution is 0.0520. The molecule has 1 heterocycles. The van der Waals surface area contributed by atoms with Crippen molar-refractivity contribution < 1.29 is 5.11 Å². The molecular formula is C15H20N2OS. The molecule has 3 nitrogen and oxygen atoms in total. The minimum atomic E-state index is -0.700. The van der Waals surface area contributed by atoms with E-state index in [0.29, 0.717) is 6.42 Å². The monoisotopic (exact) mass is 276 g/mol. The van der Waals surface area contributed by atoms with Crippen molar-refractivity contribution in [1.29, 1.82) is 0 Å². The highest BCUT2D eigenvalue weighted by atomic mass is 32.1. The minimum Gasteiger partial charge on any atom is -0.390 e. The summed E-state index contributed by atoms with van der Waals surface area (Å²) in [5.41, 5.74) is 1.42. The first kappa shape index (κ1) is 14.2. The minimum absolute atomic E-state index is 0.603. The van der Waals surface area contributed by atoms with Crippen molar-refractivity contribution >= 4 is 11.3 Å². The quantitative estimate of drug-likeness (QED) is 0.852. The van der Waals surface area contributed by atoms with E-state index in [1.165, 1.54) is 0 Å². The van der Waals surface area contributed by atoms with Crippen LogP contribution in [-0.2, 0) is 6.42 Å². The standard InChI is InChI=1S/C15H20N2OS/c1-15(18,8-9-16-2)10-14-17-13(11-19-14)12-6-4-3-5-7-12/h3-7,11,16,18H,8-10H2,1-2H3. The lowest BCUT2D eigenvalue weighted by Crippen LogP contribution is -2.31. The first-order chi connectivity index (χ1) is 9.11. The predicted octanol–water partition coefficient (Wildman–Crippen LogP) is 2.71. The average Bonchev–Trinajstić information content (AvgIpc) is 2.85. The molecule has 0 spiro atoms. The van der Waals surface area contributed by atoms with Crippen molar-refractivity contribution in [3.63, 3.8) is 0 Å². The molecule has 4 heteroatoms. The van der Waals surface area contributed by atoms with Gasteiger partial charge in [0, 0.05) is 17.4 Å². The molecule has 1 atom stereocenters. The molecule has 0 aliphatic rings. The van der Waals surface area contributed by atoms with Crippen molar-refractivity contribution in [3.8, 4) is 11.3 Å². The summed E-state index contributed by atoms with van der Waals surface area (Å²) in [6.07, 6.45) is 1.33. The van der Waals surface area contributed by atoms with E-state index in [1.54, 1.807) is 11.3 Å². The molecule has 1 aromatic heterocycles. The number of hydrogen-bond donors (Lipinski definition) is 2. The van der Waals surface area contributed by atoms with E-state index in [2.05, 4.69) is 27.8 Å². The second-order valence-electron chi connectivity index (χ2n) is 5.02. The zero-order valence-electron chi connectivity index (χ0n) is 11.4. The van der Waals surface area contributed by atoms with E-state index in [9.17, 15) is 5.11 Å². The van der Waals surface area contributed by atoms with Gasteiger partial charge < -0.3 is 10.4 Å². The smallest absolute Gasteiger partial charge is 0.0961 e. The van der Waals surface area contributed by atoms with Gasteiger partial charge in [0.15, 0.2) is 0 Å². The maximum Gasteiger partial charge on any atom is 0.0961 e. The Labute approximate surface area is 118 Å². The van der Waals surface area contributed by atoms with Crippen LogP contribution in [0.5, 0.6) is 0 Å². The lowest BCUT2D eigenvalue weighted by atomic mass is 9.98. The van der Waals surface area contributed by atoms with Crippen molar-refractivity contribution in [1.82, 2.24) is 10.3 Å². The molecule has 0 saturated carbocycles. The van der Waals surface area contributed by atoms with E-state index in [1.807, 2.05) is 32.2 Å². The molecule has 0 fully saturated rings. The molecule has 0 saturated heterocycles. The molecule has 1 unspecified atom stereocenters. The normalized spacial score (nSPS) is 14.3. The second-order valence-corrected chi connectivity index (χ2v) is 5.96. The number of hydrogen-bond acceptors (Lipinski definition) is 4. The third-order valence-electron chi connectivity index (χ3n) is 3.07. The van der Waals surface area contributed by atoms with Crippen LogP contribution < -0.4 is 5.32 Å². The van der Waals surface area contributed by atoms with Crippen LogP contribution in [0, 0.1) is 0 Å². The number of nitrogens with zero attached hydrogens (tertiary/aromatic N) is 1. The fourth-order valence-corrected chi connectivity index (χ4v) is 2.92. The Morgan fingerprint density at radius 1 is 1.32 bits per heavy atom. The lowest BCUT2D eigenvalue weighted by Gasteiger charge is -2.21.